The lowest BCUT2D eigenvalue weighted by Crippen LogP contribution is -2.13. The van der Waals surface area contributed by atoms with E-state index in [1.165, 1.54) is 7.11 Å². The van der Waals surface area contributed by atoms with Gasteiger partial charge in [-0.3, -0.25) is 9.59 Å². The Morgan fingerprint density at radius 1 is 1.17 bits per heavy atom. The third-order valence-electron chi connectivity index (χ3n) is 3.19. The molecule has 120 valence electrons. The van der Waals surface area contributed by atoms with E-state index in [-0.39, 0.29) is 5.91 Å². The molecule has 0 fully saturated rings. The van der Waals surface area contributed by atoms with E-state index >= 15 is 0 Å². The summed E-state index contributed by atoms with van der Waals surface area (Å²) in [5.74, 6) is 1.15. The van der Waals surface area contributed by atoms with Gasteiger partial charge in [-0.2, -0.15) is 0 Å². The molecule has 0 aromatic heterocycles. The molecule has 1 N–H and O–H groups in total. The molecular weight excluding hydrogens is 294 g/mol. The Bertz CT molecular complexity index is 655. The average molecular weight is 313 g/mol. The number of hydrogen-bond donors (Lipinski definition) is 1. The lowest BCUT2D eigenvalue weighted by atomic mass is 10.2. The third-order valence-corrected chi connectivity index (χ3v) is 3.19. The van der Waals surface area contributed by atoms with Crippen molar-refractivity contribution in [3.8, 4) is 11.5 Å². The Hall–Kier alpha value is -2.82. The number of ether oxygens (including phenoxy) is 2. The molecule has 0 saturated carbocycles. The second kappa shape index (κ2) is 8.58. The standard InChI is InChI=1S/C18H19NO4/c1-22-17-10-9-14(13-20)12-16(17)19-18(21)8-5-11-23-15-6-3-2-4-7-15/h2-4,6-7,9-10,12-13H,5,8,11H2,1H3,(H,19,21). The highest BCUT2D eigenvalue weighted by Crippen LogP contribution is 2.25. The first-order valence-corrected chi connectivity index (χ1v) is 7.34. The summed E-state index contributed by atoms with van der Waals surface area (Å²) in [6, 6.07) is 14.3. The van der Waals surface area contributed by atoms with E-state index < -0.39 is 0 Å². The lowest BCUT2D eigenvalue weighted by molar-refractivity contribution is -0.116. The molecule has 2 rings (SSSR count). The van der Waals surface area contributed by atoms with Gasteiger partial charge in [0.25, 0.3) is 0 Å². The first kappa shape index (κ1) is 16.5. The number of carbonyl (C=O) groups excluding carboxylic acids is 2. The van der Waals surface area contributed by atoms with Crippen LogP contribution in [0, 0.1) is 0 Å². The second-order valence-electron chi connectivity index (χ2n) is 4.89. The highest BCUT2D eigenvalue weighted by atomic mass is 16.5. The Morgan fingerprint density at radius 3 is 2.65 bits per heavy atom. The van der Waals surface area contributed by atoms with Gasteiger partial charge in [-0.1, -0.05) is 18.2 Å². The van der Waals surface area contributed by atoms with Crippen molar-refractivity contribution in [1.82, 2.24) is 0 Å². The molecule has 23 heavy (non-hydrogen) atoms. The van der Waals surface area contributed by atoms with Gasteiger partial charge in [-0.15, -0.1) is 0 Å². The van der Waals surface area contributed by atoms with Crippen LogP contribution in [0.3, 0.4) is 0 Å². The Labute approximate surface area is 135 Å². The van der Waals surface area contributed by atoms with Crippen molar-refractivity contribution in [2.45, 2.75) is 12.8 Å². The molecule has 0 aliphatic heterocycles. The van der Waals surface area contributed by atoms with Crippen LogP contribution in [0.2, 0.25) is 0 Å². The van der Waals surface area contributed by atoms with E-state index in [2.05, 4.69) is 5.32 Å². The van der Waals surface area contributed by atoms with Gasteiger partial charge in [0.2, 0.25) is 5.91 Å². The van der Waals surface area contributed by atoms with Crippen LogP contribution in [-0.4, -0.2) is 25.9 Å². The fourth-order valence-corrected chi connectivity index (χ4v) is 2.05. The summed E-state index contributed by atoms with van der Waals surface area (Å²) in [4.78, 5) is 22.8. The first-order chi connectivity index (χ1) is 11.2. The molecule has 0 bridgehead atoms. The lowest BCUT2D eigenvalue weighted by Gasteiger charge is -2.11. The molecule has 5 nitrogen and oxygen atoms in total. The van der Waals surface area contributed by atoms with E-state index in [0.717, 1.165) is 12.0 Å². The van der Waals surface area contributed by atoms with E-state index in [1.54, 1.807) is 18.2 Å². The van der Waals surface area contributed by atoms with Crippen LogP contribution in [0.25, 0.3) is 0 Å². The van der Waals surface area contributed by atoms with Crippen LogP contribution in [0.15, 0.2) is 48.5 Å². The zero-order valence-corrected chi connectivity index (χ0v) is 13.0. The number of aldehydes is 1. The SMILES string of the molecule is COc1ccc(C=O)cc1NC(=O)CCCOc1ccccc1. The smallest absolute Gasteiger partial charge is 0.224 e. The normalized spacial score (nSPS) is 9.96. The summed E-state index contributed by atoms with van der Waals surface area (Å²) in [7, 11) is 1.51. The number of hydrogen-bond acceptors (Lipinski definition) is 4. The van der Waals surface area contributed by atoms with Gasteiger partial charge in [-0.05, 0) is 36.8 Å². The second-order valence-corrected chi connectivity index (χ2v) is 4.89. The number of rotatable bonds is 8. The minimum Gasteiger partial charge on any atom is -0.495 e. The van der Waals surface area contributed by atoms with Crippen LogP contribution in [0.1, 0.15) is 23.2 Å². The number of methoxy groups -OCH3 is 1. The number of para-hydroxylation sites is 1. The van der Waals surface area contributed by atoms with Crippen LogP contribution in [0.5, 0.6) is 11.5 Å². The molecule has 0 atom stereocenters. The van der Waals surface area contributed by atoms with Crippen molar-refractivity contribution in [3.05, 3.63) is 54.1 Å². The van der Waals surface area contributed by atoms with Gasteiger partial charge < -0.3 is 14.8 Å². The molecule has 0 aliphatic carbocycles. The van der Waals surface area contributed by atoms with Gasteiger partial charge in [0.15, 0.2) is 0 Å². The predicted octanol–water partition coefficient (Wildman–Crippen LogP) is 3.31. The molecule has 5 heteroatoms. The fourth-order valence-electron chi connectivity index (χ4n) is 2.05. The van der Waals surface area contributed by atoms with Crippen molar-refractivity contribution in [2.24, 2.45) is 0 Å². The molecule has 0 spiro atoms. The summed E-state index contributed by atoms with van der Waals surface area (Å²) in [6.07, 6.45) is 1.64. The first-order valence-electron chi connectivity index (χ1n) is 7.34. The van der Waals surface area contributed by atoms with Gasteiger partial charge in [0, 0.05) is 12.0 Å². The molecule has 0 radical (unpaired) electrons. The maximum absolute atomic E-state index is 12.0. The van der Waals surface area contributed by atoms with Gasteiger partial charge >= 0.3 is 0 Å². The summed E-state index contributed by atoms with van der Waals surface area (Å²) >= 11 is 0. The van der Waals surface area contributed by atoms with E-state index in [1.807, 2.05) is 30.3 Å². The molecule has 0 unspecified atom stereocenters. The predicted molar refractivity (Wildman–Crippen MR) is 88.2 cm³/mol. The maximum atomic E-state index is 12.0. The molecule has 2 aromatic carbocycles. The zero-order chi connectivity index (χ0) is 16.5. The van der Waals surface area contributed by atoms with E-state index in [9.17, 15) is 9.59 Å². The monoisotopic (exact) mass is 313 g/mol. The van der Waals surface area contributed by atoms with Gasteiger partial charge in [0.1, 0.15) is 17.8 Å². The number of anilines is 1. The summed E-state index contributed by atoms with van der Waals surface area (Å²) in [6.45, 7) is 0.461. The average Bonchev–Trinajstić information content (AvgIpc) is 2.59. The van der Waals surface area contributed by atoms with Crippen molar-refractivity contribution in [2.75, 3.05) is 19.0 Å². The minimum atomic E-state index is -0.150. The topological polar surface area (TPSA) is 64.6 Å². The molecule has 0 aliphatic rings. The van der Waals surface area contributed by atoms with E-state index in [4.69, 9.17) is 9.47 Å². The summed E-state index contributed by atoms with van der Waals surface area (Å²) in [5.41, 5.74) is 0.972. The Kier molecular flexibility index (Phi) is 6.17. The summed E-state index contributed by atoms with van der Waals surface area (Å²) < 4.78 is 10.7. The molecule has 0 heterocycles. The minimum absolute atomic E-state index is 0.150. The quantitative estimate of drug-likeness (QED) is 0.600. The fraction of sp³-hybridized carbons (Fsp3) is 0.222. The maximum Gasteiger partial charge on any atom is 0.224 e. The van der Waals surface area contributed by atoms with Crippen molar-refractivity contribution in [1.29, 1.82) is 0 Å². The van der Waals surface area contributed by atoms with Gasteiger partial charge in [0.05, 0.1) is 19.4 Å². The number of amides is 1. The van der Waals surface area contributed by atoms with Gasteiger partial charge in [-0.25, -0.2) is 0 Å². The largest absolute Gasteiger partial charge is 0.495 e. The highest BCUT2D eigenvalue weighted by Gasteiger charge is 2.08. The Morgan fingerprint density at radius 2 is 1.96 bits per heavy atom. The van der Waals surface area contributed by atoms with Crippen molar-refractivity contribution >= 4 is 17.9 Å². The highest BCUT2D eigenvalue weighted by molar-refractivity contribution is 5.93. The zero-order valence-electron chi connectivity index (χ0n) is 13.0. The number of carbonyl (C=O) groups is 2. The number of benzene rings is 2. The number of nitrogens with one attached hydrogen (secondary N) is 1. The van der Waals surface area contributed by atoms with E-state index in [0.29, 0.717) is 36.4 Å². The third kappa shape index (κ3) is 5.14. The van der Waals surface area contributed by atoms with Crippen LogP contribution >= 0.6 is 0 Å². The van der Waals surface area contributed by atoms with Crippen LogP contribution in [0.4, 0.5) is 5.69 Å². The van der Waals surface area contributed by atoms with Crippen LogP contribution < -0.4 is 14.8 Å². The molecule has 2 aromatic rings. The van der Waals surface area contributed by atoms with Crippen molar-refractivity contribution in [3.63, 3.8) is 0 Å². The Balaban J connectivity index is 1.81. The van der Waals surface area contributed by atoms with Crippen LogP contribution in [-0.2, 0) is 4.79 Å². The molecule has 0 saturated heterocycles. The van der Waals surface area contributed by atoms with Crippen molar-refractivity contribution < 1.29 is 19.1 Å². The molecular formula is C18H19NO4. The molecule has 1 amide bonds. The summed E-state index contributed by atoms with van der Waals surface area (Å²) in [5, 5.41) is 2.76.